The molecule has 0 aliphatic heterocycles. The van der Waals surface area contributed by atoms with Crippen LogP contribution in [0.4, 0.5) is 26.7 Å². The minimum absolute atomic E-state index is 0.144. The standard InChI is InChI=1S/C33H35ClN8O5.C29H36BrN7O4/c1-19(43)36-26-13-14-28(34)27(17-26)24-4-2-3-21(15-24)16-29(38-31(44)23-7-5-20(6-8-23)18-35-33(46)47)32(45)37-25-11-9-22(10-12-25)30-39-41-42-40-30;1-29(2,3)41-28(40)32-17-18-7-9-21(10-8-18)27(39)37(23-13-11-20(12-14-23)26-33-35-36-34-26)24(25(31)38)16-19-5-4-6-22(30)15-19/h2-4,9-15,17,20,23,29,35H,5-8,16,18H2,1H3,(H,36,43)(H,37,45)(H,38,44)(H,46,47)(H,39,40,41,42);4-6,11-15,18,21,24H,7-10,16-17H2,1-3H3,(H2,31,38)(H,32,40)(H,33,34,35,36)/t20?,23?,29-;18?,21?,24-/m00/s1. The molecule has 9 rings (SSSR count). The van der Waals surface area contributed by atoms with Gasteiger partial charge >= 0.3 is 12.2 Å². The first kappa shape index (κ1) is 64.9. The summed E-state index contributed by atoms with van der Waals surface area (Å²) in [6.07, 6.45) is 4.40. The molecule has 5 aromatic carbocycles. The number of benzene rings is 5. The molecule has 0 spiro atoms. The van der Waals surface area contributed by atoms with Crippen molar-refractivity contribution in [2.75, 3.05) is 28.6 Å². The van der Waals surface area contributed by atoms with Crippen LogP contribution in [0.2, 0.25) is 5.02 Å². The van der Waals surface area contributed by atoms with E-state index in [2.05, 4.69) is 83.8 Å². The Balaban J connectivity index is 0.000000230. The van der Waals surface area contributed by atoms with Crippen molar-refractivity contribution in [3.05, 3.63) is 136 Å². The lowest BCUT2D eigenvalue weighted by Gasteiger charge is -2.36. The monoisotopic (exact) mass is 1280 g/mol. The Morgan fingerprint density at radius 1 is 0.693 bits per heavy atom. The van der Waals surface area contributed by atoms with Gasteiger partial charge in [0.15, 0.2) is 0 Å². The topological polar surface area (TPSA) is 347 Å². The fourth-order valence-corrected chi connectivity index (χ4v) is 11.5. The summed E-state index contributed by atoms with van der Waals surface area (Å²) in [5.41, 5.74) is 11.7. The van der Waals surface area contributed by atoms with Crippen LogP contribution in [0.25, 0.3) is 33.9 Å². The van der Waals surface area contributed by atoms with Crippen LogP contribution in [0.5, 0.6) is 0 Å². The van der Waals surface area contributed by atoms with Gasteiger partial charge in [0.2, 0.25) is 41.2 Å². The SMILES string of the molecule is CC(=O)Nc1ccc(Cl)c(-c2cccc(C[C@H](NC(=O)C3CCC(CNC(=O)O)CC3)C(=O)Nc3ccc(-c4nn[nH]n4)cc3)c2)c1.CC(C)(C)OC(=O)NCC1CCC(C(=O)N(c2ccc(-c3nn[nH]n3)cc2)[C@@H](Cc2cccc(Br)c2)C(N)=O)CC1. The number of ether oxygens (including phenoxy) is 1. The highest BCUT2D eigenvalue weighted by molar-refractivity contribution is 9.10. The number of nitrogens with zero attached hydrogens (tertiary/aromatic N) is 7. The van der Waals surface area contributed by atoms with Crippen molar-refractivity contribution in [3.8, 4) is 33.9 Å². The molecular formula is C62H71BrClN15O9. The maximum Gasteiger partial charge on any atom is 0.407 e. The van der Waals surface area contributed by atoms with E-state index in [0.717, 1.165) is 39.6 Å². The lowest BCUT2D eigenvalue weighted by atomic mass is 9.81. The van der Waals surface area contributed by atoms with E-state index < -0.39 is 35.8 Å². The predicted octanol–water partition coefficient (Wildman–Crippen LogP) is 9.28. The summed E-state index contributed by atoms with van der Waals surface area (Å²) in [5.74, 6) is -0.859. The normalized spacial score (nSPS) is 17.1. The minimum atomic E-state index is -1.06. The lowest BCUT2D eigenvalue weighted by Crippen LogP contribution is -2.52. The molecule has 2 aromatic heterocycles. The summed E-state index contributed by atoms with van der Waals surface area (Å²) >= 11 is 10.0. The fraction of sp³-hybridized carbons (Fsp3) is 0.371. The number of tetrazole rings is 2. The van der Waals surface area contributed by atoms with Crippen LogP contribution in [-0.4, -0.2) is 119 Å². The van der Waals surface area contributed by atoms with Gasteiger partial charge in [-0.15, -0.1) is 20.4 Å². The number of rotatable bonds is 20. The van der Waals surface area contributed by atoms with Gasteiger partial charge in [-0.3, -0.25) is 28.9 Å². The maximum absolute atomic E-state index is 14.1. The fourth-order valence-electron chi connectivity index (χ4n) is 10.8. The molecule has 2 aliphatic rings. The Morgan fingerprint density at radius 2 is 1.26 bits per heavy atom. The quantitative estimate of drug-likeness (QED) is 0.0343. The van der Waals surface area contributed by atoms with E-state index in [-0.39, 0.29) is 60.1 Å². The molecule has 0 unspecified atom stereocenters. The third kappa shape index (κ3) is 18.9. The van der Waals surface area contributed by atoms with E-state index in [4.69, 9.17) is 27.2 Å². The molecule has 26 heteroatoms. The highest BCUT2D eigenvalue weighted by atomic mass is 79.9. The smallest absolute Gasteiger partial charge is 0.407 e. The first-order chi connectivity index (χ1) is 42.1. The Labute approximate surface area is 521 Å². The molecule has 0 radical (unpaired) electrons. The zero-order valence-corrected chi connectivity index (χ0v) is 51.4. The number of carbonyl (C=O) groups excluding carboxylic acids is 6. The molecule has 0 saturated heterocycles. The molecule has 7 amide bonds. The van der Waals surface area contributed by atoms with Gasteiger partial charge in [0.05, 0.1) is 0 Å². The molecule has 88 heavy (non-hydrogen) atoms. The molecule has 462 valence electrons. The summed E-state index contributed by atoms with van der Waals surface area (Å²) in [5, 5.41) is 51.3. The number of hydrogen-bond donors (Lipinski definition) is 9. The number of nitrogens with two attached hydrogens (primary N) is 1. The molecule has 10 N–H and O–H groups in total. The second-order valence-electron chi connectivity index (χ2n) is 22.9. The van der Waals surface area contributed by atoms with Gasteiger partial charge in [0.25, 0.3) is 0 Å². The predicted molar refractivity (Wildman–Crippen MR) is 334 cm³/mol. The van der Waals surface area contributed by atoms with Gasteiger partial charge in [-0.25, -0.2) is 9.59 Å². The Kier molecular flexibility index (Phi) is 22.5. The van der Waals surface area contributed by atoms with Crippen molar-refractivity contribution >= 4 is 86.3 Å². The number of halogens is 2. The lowest BCUT2D eigenvalue weighted by molar-refractivity contribution is -0.130. The van der Waals surface area contributed by atoms with Crippen molar-refractivity contribution in [2.24, 2.45) is 29.4 Å². The zero-order valence-electron chi connectivity index (χ0n) is 49.1. The molecule has 2 heterocycles. The summed E-state index contributed by atoms with van der Waals surface area (Å²) in [6.45, 7) is 7.74. The van der Waals surface area contributed by atoms with E-state index in [1.807, 2.05) is 69.3 Å². The number of carboxylic acid groups (broad SMARTS) is 1. The summed E-state index contributed by atoms with van der Waals surface area (Å²) in [7, 11) is 0. The van der Waals surface area contributed by atoms with Gasteiger partial charge in [-0.05, 0) is 190 Å². The van der Waals surface area contributed by atoms with Gasteiger partial charge in [-0.1, -0.05) is 63.9 Å². The second kappa shape index (κ2) is 30.5. The van der Waals surface area contributed by atoms with E-state index in [9.17, 15) is 33.6 Å². The average molecular weight is 1290 g/mol. The first-order valence-corrected chi connectivity index (χ1v) is 30.1. The Hall–Kier alpha value is -9.10. The molecule has 7 aromatic rings. The molecule has 0 bridgehead atoms. The van der Waals surface area contributed by atoms with Crippen LogP contribution in [0, 0.1) is 23.7 Å². The number of aromatic nitrogens is 8. The Bertz CT molecular complexity index is 3520. The number of amides is 7. The number of alkyl carbamates (subject to hydrolysis) is 1. The van der Waals surface area contributed by atoms with Crippen LogP contribution in [-0.2, 0) is 41.6 Å². The number of anilines is 3. The van der Waals surface area contributed by atoms with Crippen LogP contribution < -0.4 is 37.2 Å². The van der Waals surface area contributed by atoms with E-state index in [0.29, 0.717) is 96.5 Å². The van der Waals surface area contributed by atoms with E-state index in [1.165, 1.54) is 6.92 Å². The first-order valence-electron chi connectivity index (χ1n) is 28.9. The van der Waals surface area contributed by atoms with Crippen molar-refractivity contribution in [3.63, 3.8) is 0 Å². The third-order valence-electron chi connectivity index (χ3n) is 15.2. The van der Waals surface area contributed by atoms with Gasteiger partial charge in [-0.2, -0.15) is 10.4 Å². The molecule has 2 atom stereocenters. The molecule has 2 aliphatic carbocycles. The molecular weight excluding hydrogens is 1210 g/mol. The molecule has 24 nitrogen and oxygen atoms in total. The van der Waals surface area contributed by atoms with Crippen molar-refractivity contribution < 1.29 is 43.4 Å². The van der Waals surface area contributed by atoms with Crippen molar-refractivity contribution in [2.45, 2.75) is 110 Å². The van der Waals surface area contributed by atoms with Crippen LogP contribution in [0.1, 0.15) is 90.2 Å². The maximum atomic E-state index is 14.1. The summed E-state index contributed by atoms with van der Waals surface area (Å²) in [6, 6.07) is 32.7. The highest BCUT2D eigenvalue weighted by Crippen LogP contribution is 2.35. The summed E-state index contributed by atoms with van der Waals surface area (Å²) in [4.78, 5) is 90.3. The van der Waals surface area contributed by atoms with Gasteiger partial charge < -0.3 is 42.2 Å². The number of H-pyrrole nitrogens is 2. The number of primary amides is 1. The molecule has 2 saturated carbocycles. The van der Waals surface area contributed by atoms with Crippen molar-refractivity contribution in [1.29, 1.82) is 0 Å². The van der Waals surface area contributed by atoms with Gasteiger partial charge in [0, 0.05) is 87.9 Å². The van der Waals surface area contributed by atoms with E-state index >= 15 is 0 Å². The minimum Gasteiger partial charge on any atom is -0.465 e. The number of nitrogens with one attached hydrogen (secondary N) is 7. The van der Waals surface area contributed by atoms with Crippen LogP contribution in [0.15, 0.2) is 120 Å². The largest absolute Gasteiger partial charge is 0.465 e. The Morgan fingerprint density at radius 3 is 1.82 bits per heavy atom. The summed E-state index contributed by atoms with van der Waals surface area (Å²) < 4.78 is 6.21. The van der Waals surface area contributed by atoms with Crippen molar-refractivity contribution in [1.82, 2.24) is 57.2 Å². The third-order valence-corrected chi connectivity index (χ3v) is 16.0. The molecule has 2 fully saturated rings. The number of aromatic amines is 2. The van der Waals surface area contributed by atoms with E-state index in [1.54, 1.807) is 71.6 Å². The number of carbonyl (C=O) groups is 7. The highest BCUT2D eigenvalue weighted by Gasteiger charge is 2.37. The zero-order chi connectivity index (χ0) is 62.9. The average Bonchev–Trinajstić information content (AvgIpc) is 4.37. The van der Waals surface area contributed by atoms with Crippen LogP contribution in [0.3, 0.4) is 0 Å². The van der Waals surface area contributed by atoms with Crippen LogP contribution >= 0.6 is 27.5 Å². The number of hydrogen-bond acceptors (Lipinski definition) is 14. The second-order valence-corrected chi connectivity index (χ2v) is 24.2. The van der Waals surface area contributed by atoms with Gasteiger partial charge in [0.1, 0.15) is 17.7 Å².